The minimum atomic E-state index is -0.242. The van der Waals surface area contributed by atoms with Crippen LogP contribution in [0.25, 0.3) is 22.1 Å². The Labute approximate surface area is 176 Å². The molecule has 0 spiro atoms. The van der Waals surface area contributed by atoms with Gasteiger partial charge in [0.05, 0.1) is 12.8 Å². The number of furan rings is 1. The monoisotopic (exact) mass is 447 g/mol. The van der Waals surface area contributed by atoms with Gasteiger partial charge in [0.25, 0.3) is 5.91 Å². The molecule has 0 saturated carbocycles. The van der Waals surface area contributed by atoms with E-state index in [0.717, 1.165) is 32.3 Å². The molecule has 4 rings (SSSR count). The molecule has 5 nitrogen and oxygen atoms in total. The van der Waals surface area contributed by atoms with Crippen LogP contribution in [0.4, 0.5) is 5.69 Å². The molecule has 2 N–H and O–H groups in total. The molecule has 0 saturated heterocycles. The average Bonchev–Trinajstić information content (AvgIpc) is 3.21. The number of carbonyl (C=O) groups excluding carboxylic acids is 1. The molecule has 144 valence electrons. The molecule has 0 unspecified atom stereocenters. The molecule has 0 atom stereocenters. The number of nitrogens with zero attached hydrogens (tertiary/aromatic N) is 1. The number of anilines is 1. The van der Waals surface area contributed by atoms with Gasteiger partial charge in [-0.25, -0.2) is 5.43 Å². The first-order valence-electron chi connectivity index (χ1n) is 9.08. The van der Waals surface area contributed by atoms with Crippen LogP contribution in [-0.4, -0.2) is 18.7 Å². The molecule has 29 heavy (non-hydrogen) atoms. The lowest BCUT2D eigenvalue weighted by Gasteiger charge is -2.06. The number of fused-ring (bicyclic) bond motifs is 1. The molecule has 4 aromatic rings. The number of hydrogen-bond donors (Lipinski definition) is 2. The lowest BCUT2D eigenvalue weighted by molar-refractivity contribution is -0.119. The highest BCUT2D eigenvalue weighted by atomic mass is 79.9. The highest BCUT2D eigenvalue weighted by Crippen LogP contribution is 2.23. The van der Waals surface area contributed by atoms with Crippen molar-refractivity contribution in [3.8, 4) is 11.3 Å². The summed E-state index contributed by atoms with van der Waals surface area (Å²) in [6, 6.07) is 25.6. The third-order valence-corrected chi connectivity index (χ3v) is 4.87. The number of hydrogen-bond acceptors (Lipinski definition) is 4. The smallest absolute Gasteiger partial charge is 0.259 e. The van der Waals surface area contributed by atoms with Gasteiger partial charge in [-0.2, -0.15) is 5.10 Å². The predicted octanol–water partition coefficient (Wildman–Crippen LogP) is 5.42. The summed E-state index contributed by atoms with van der Waals surface area (Å²) in [6.07, 6.45) is 1.48. The third kappa shape index (κ3) is 4.92. The Balaban J connectivity index is 1.30. The molecule has 0 fully saturated rings. The van der Waals surface area contributed by atoms with Crippen LogP contribution in [0.1, 0.15) is 5.76 Å². The van der Waals surface area contributed by atoms with Crippen LogP contribution in [-0.2, 0) is 4.79 Å². The second-order valence-electron chi connectivity index (χ2n) is 6.42. The molecule has 3 aromatic carbocycles. The van der Waals surface area contributed by atoms with E-state index in [-0.39, 0.29) is 12.5 Å². The fraction of sp³-hybridized carbons (Fsp3) is 0.0435. The van der Waals surface area contributed by atoms with Crippen LogP contribution >= 0.6 is 15.9 Å². The zero-order valence-electron chi connectivity index (χ0n) is 15.4. The molecular formula is C23H18BrN3O2. The molecular weight excluding hydrogens is 430 g/mol. The fourth-order valence-electron chi connectivity index (χ4n) is 2.88. The summed E-state index contributed by atoms with van der Waals surface area (Å²) in [5.74, 6) is 1.06. The Kier molecular flexibility index (Phi) is 5.72. The molecule has 0 radical (unpaired) electrons. The van der Waals surface area contributed by atoms with Crippen molar-refractivity contribution in [2.75, 3.05) is 11.9 Å². The first-order valence-corrected chi connectivity index (χ1v) is 9.87. The van der Waals surface area contributed by atoms with E-state index in [4.69, 9.17) is 4.42 Å². The Morgan fingerprint density at radius 3 is 2.59 bits per heavy atom. The zero-order valence-corrected chi connectivity index (χ0v) is 17.0. The summed E-state index contributed by atoms with van der Waals surface area (Å²) in [7, 11) is 0. The second-order valence-corrected chi connectivity index (χ2v) is 7.33. The van der Waals surface area contributed by atoms with E-state index in [1.807, 2.05) is 66.7 Å². The van der Waals surface area contributed by atoms with E-state index in [1.54, 1.807) is 6.07 Å². The van der Waals surface area contributed by atoms with Gasteiger partial charge in [0.15, 0.2) is 0 Å². The first kappa shape index (κ1) is 19.0. The van der Waals surface area contributed by atoms with Gasteiger partial charge in [-0.1, -0.05) is 58.4 Å². The number of amides is 1. The van der Waals surface area contributed by atoms with Gasteiger partial charge in [0.2, 0.25) is 0 Å². The molecule has 0 bridgehead atoms. The van der Waals surface area contributed by atoms with Gasteiger partial charge in [0, 0.05) is 15.7 Å². The molecule has 0 aliphatic heterocycles. The van der Waals surface area contributed by atoms with E-state index >= 15 is 0 Å². The van der Waals surface area contributed by atoms with Gasteiger partial charge < -0.3 is 9.73 Å². The van der Waals surface area contributed by atoms with Crippen LogP contribution in [0.15, 0.2) is 92.9 Å². The number of benzene rings is 3. The topological polar surface area (TPSA) is 66.6 Å². The van der Waals surface area contributed by atoms with E-state index in [2.05, 4.69) is 37.8 Å². The summed E-state index contributed by atoms with van der Waals surface area (Å²) < 4.78 is 6.74. The maximum absolute atomic E-state index is 12.0. The Morgan fingerprint density at radius 2 is 1.76 bits per heavy atom. The summed E-state index contributed by atoms with van der Waals surface area (Å²) >= 11 is 3.41. The van der Waals surface area contributed by atoms with Crippen molar-refractivity contribution in [1.82, 2.24) is 5.43 Å². The highest BCUT2D eigenvalue weighted by molar-refractivity contribution is 9.10. The quantitative estimate of drug-likeness (QED) is 0.306. The van der Waals surface area contributed by atoms with Gasteiger partial charge in [-0.05, 0) is 47.2 Å². The molecule has 0 aliphatic rings. The van der Waals surface area contributed by atoms with Crippen molar-refractivity contribution in [2.24, 2.45) is 5.10 Å². The lowest BCUT2D eigenvalue weighted by Crippen LogP contribution is -2.25. The maximum Gasteiger partial charge on any atom is 0.259 e. The minimum Gasteiger partial charge on any atom is -0.455 e. The Bertz CT molecular complexity index is 1170. The maximum atomic E-state index is 12.0. The van der Waals surface area contributed by atoms with Crippen molar-refractivity contribution >= 4 is 44.5 Å². The lowest BCUT2D eigenvalue weighted by atomic mass is 10.1. The van der Waals surface area contributed by atoms with Crippen molar-refractivity contribution in [3.05, 3.63) is 89.1 Å². The van der Waals surface area contributed by atoms with Crippen molar-refractivity contribution in [1.29, 1.82) is 0 Å². The van der Waals surface area contributed by atoms with E-state index < -0.39 is 0 Å². The Hall–Kier alpha value is -3.38. The molecule has 1 amide bonds. The van der Waals surface area contributed by atoms with Crippen LogP contribution in [0.3, 0.4) is 0 Å². The van der Waals surface area contributed by atoms with E-state index in [0.29, 0.717) is 5.76 Å². The van der Waals surface area contributed by atoms with Crippen LogP contribution in [0.5, 0.6) is 0 Å². The molecule has 1 aromatic heterocycles. The normalized spacial score (nSPS) is 11.1. The predicted molar refractivity (Wildman–Crippen MR) is 120 cm³/mol. The van der Waals surface area contributed by atoms with Gasteiger partial charge in [0.1, 0.15) is 11.5 Å². The van der Waals surface area contributed by atoms with E-state index in [9.17, 15) is 4.79 Å². The van der Waals surface area contributed by atoms with Crippen molar-refractivity contribution in [2.45, 2.75) is 0 Å². The molecule has 6 heteroatoms. The second kappa shape index (κ2) is 8.75. The minimum absolute atomic E-state index is 0.123. The average molecular weight is 448 g/mol. The Morgan fingerprint density at radius 1 is 0.966 bits per heavy atom. The number of halogens is 1. The highest BCUT2D eigenvalue weighted by Gasteiger charge is 2.04. The van der Waals surface area contributed by atoms with Gasteiger partial charge in [-0.3, -0.25) is 4.79 Å². The van der Waals surface area contributed by atoms with Gasteiger partial charge in [-0.15, -0.1) is 0 Å². The zero-order chi connectivity index (χ0) is 20.1. The third-order valence-electron chi connectivity index (χ3n) is 4.34. The fourth-order valence-corrected chi connectivity index (χ4v) is 3.14. The number of nitrogens with one attached hydrogen (secondary N) is 2. The van der Waals surface area contributed by atoms with Crippen LogP contribution < -0.4 is 10.7 Å². The molecule has 0 aliphatic carbocycles. The van der Waals surface area contributed by atoms with Gasteiger partial charge >= 0.3 is 0 Å². The first-order chi connectivity index (χ1) is 14.2. The summed E-state index contributed by atoms with van der Waals surface area (Å²) in [5.41, 5.74) is 4.35. The number of carbonyl (C=O) groups is 1. The van der Waals surface area contributed by atoms with Crippen LogP contribution in [0.2, 0.25) is 0 Å². The van der Waals surface area contributed by atoms with Crippen LogP contribution in [0, 0.1) is 0 Å². The van der Waals surface area contributed by atoms with E-state index in [1.165, 1.54) is 6.21 Å². The largest absolute Gasteiger partial charge is 0.455 e. The summed E-state index contributed by atoms with van der Waals surface area (Å²) in [6.45, 7) is 0.123. The molecule has 1 heterocycles. The van der Waals surface area contributed by atoms with Crippen molar-refractivity contribution in [3.63, 3.8) is 0 Å². The summed E-state index contributed by atoms with van der Waals surface area (Å²) in [4.78, 5) is 12.0. The summed E-state index contributed by atoms with van der Waals surface area (Å²) in [5, 5.41) is 9.34. The SMILES string of the molecule is O=C(CNc1ccc2ccccc2c1)N/N=C/c1ccc(-c2ccc(Br)cc2)o1. The standard InChI is InChI=1S/C23H18BrN3O2/c24-19-8-5-17(6-9-19)22-12-11-21(29-22)14-26-27-23(28)15-25-20-10-7-16-3-1-2-4-18(16)13-20/h1-14,25H,15H2,(H,27,28)/b26-14+. The number of rotatable bonds is 6. The van der Waals surface area contributed by atoms with Crippen molar-refractivity contribution < 1.29 is 9.21 Å². The number of hydrazone groups is 1.